The van der Waals surface area contributed by atoms with Crippen molar-refractivity contribution >= 4 is 98.5 Å². The zero-order chi connectivity index (χ0) is 82.0. The summed E-state index contributed by atoms with van der Waals surface area (Å²) < 4.78 is 13.2. The number of fused-ring (bicyclic) bond motifs is 12. The number of benzene rings is 12. The van der Waals surface area contributed by atoms with Crippen LogP contribution in [0.25, 0.3) is 217 Å². The van der Waals surface area contributed by atoms with Crippen molar-refractivity contribution in [1.82, 2.24) is 72.3 Å². The summed E-state index contributed by atoms with van der Waals surface area (Å²) in [5.74, 6) is 2.60. The molecule has 0 radical (unpaired) electrons. The Morgan fingerprint density at radius 2 is 0.667 bits per heavy atom. The molecule has 18 heteroatoms. The van der Waals surface area contributed by atoms with E-state index in [9.17, 15) is 0 Å². The van der Waals surface area contributed by atoms with Crippen LogP contribution in [0.1, 0.15) is 0 Å². The second-order valence-corrected chi connectivity index (χ2v) is 30.2. The van der Waals surface area contributed by atoms with Gasteiger partial charge in [-0.05, 0) is 163 Å². The Labute approximate surface area is 768 Å². The number of pyridine rings is 6. The maximum Gasteiger partial charge on any atom is 2.00 e. The standard InChI is InChI=1S/3C36H23N5.3Pt/c1-40-33-17-5-3-15-31(33)39-36(40)26-21-29(25-11-9-18-37-23-25)35-28-13-2-4-16-32(28)41(34(35)22-26)27-12-8-10-24(20-27)30-14-6-7-19-38-30;1-40-34-17-5-3-15-32(34)39-36(40)30-22-35-29(21-28(30)25-11-9-18-37-23-25)27-13-2-4-16-33(27)41(35)26-12-8-10-24(20-26)31-14-6-7-19-38-31;1-40-33-16-3-2-15-32(33)39-36(40)25-17-18-29-30-13-7-12-28(26-10-8-19-37-23-26)35(30)41(34(29)22-25)27-11-6-9-24(21-27)31-14-4-5-20-38-31;;;/h2*2-19,21,23H,1H3;2-20,23H,1H3;;;/q3*-2;3*+2. The smallest absolute Gasteiger partial charge is 0.367 e. The van der Waals surface area contributed by atoms with Crippen LogP contribution in [0.5, 0.6) is 0 Å². The molecule has 12 aromatic heterocycles. The molecule has 0 N–H and O–H groups in total. The number of rotatable bonds is 12. The van der Waals surface area contributed by atoms with E-state index in [0.29, 0.717) is 0 Å². The molecule has 0 aliphatic rings. The SMILES string of the molecule is Cn1c(-c2[c-]c3c(c(-c4cccnc4)c2)c2ccccc2n3-c2[c-]c(-c3ccccn3)ccc2)nc2ccccc21.Cn1c(-c2[c-]c3c(cc2)c2cccc(-c4cccnc4)c2n3-c2[c-]c(-c3ccccn3)ccc2)nc2ccccc21.Cn1c(-c2[c-]c3c(cc2-c2cccnc2)c2ccccc2n3-c2[c-]c(-c3ccccn3)ccc2)nc2ccccc21.[Pt+2].[Pt+2].[Pt+2]. The van der Waals surface area contributed by atoms with E-state index in [-0.39, 0.29) is 63.2 Å². The van der Waals surface area contributed by atoms with Crippen molar-refractivity contribution in [1.29, 1.82) is 0 Å². The van der Waals surface area contributed by atoms with Crippen molar-refractivity contribution in [2.24, 2.45) is 21.1 Å². The summed E-state index contributed by atoms with van der Waals surface area (Å²) in [5, 5.41) is 6.78. The first-order valence-electron chi connectivity index (χ1n) is 40.6. The maximum atomic E-state index is 5.07. The van der Waals surface area contributed by atoms with Crippen LogP contribution in [0, 0.1) is 36.4 Å². The molecular weight excluding hydrogens is 2090 g/mol. The van der Waals surface area contributed by atoms with Gasteiger partial charge in [-0.3, -0.25) is 29.9 Å². The molecule has 0 saturated carbocycles. The van der Waals surface area contributed by atoms with Gasteiger partial charge in [0.15, 0.2) is 0 Å². The zero-order valence-corrected chi connectivity index (χ0v) is 74.6. The van der Waals surface area contributed by atoms with Gasteiger partial charge < -0.3 is 42.4 Å². The fourth-order valence-electron chi connectivity index (χ4n) is 17.3. The van der Waals surface area contributed by atoms with Gasteiger partial charge in [-0.1, -0.05) is 178 Å². The Morgan fingerprint density at radius 3 is 1.17 bits per heavy atom. The fraction of sp³-hybridized carbons (Fsp3) is 0.0278. The third-order valence-electron chi connectivity index (χ3n) is 23.0. The Hall–Kier alpha value is -14.6. The second-order valence-electron chi connectivity index (χ2n) is 30.2. The van der Waals surface area contributed by atoms with Gasteiger partial charge in [0.2, 0.25) is 0 Å². The first-order chi connectivity index (χ1) is 60.8. The van der Waals surface area contributed by atoms with Crippen molar-refractivity contribution < 1.29 is 63.2 Å². The van der Waals surface area contributed by atoms with Crippen molar-refractivity contribution in [2.45, 2.75) is 0 Å². The van der Waals surface area contributed by atoms with Gasteiger partial charge >= 0.3 is 63.2 Å². The predicted molar refractivity (Wildman–Crippen MR) is 494 cm³/mol. The van der Waals surface area contributed by atoms with Crippen molar-refractivity contribution in [3.05, 3.63) is 402 Å². The molecule has 126 heavy (non-hydrogen) atoms. The molecule has 606 valence electrons. The van der Waals surface area contributed by atoms with Crippen LogP contribution < -0.4 is 0 Å². The van der Waals surface area contributed by atoms with Crippen molar-refractivity contribution in [3.63, 3.8) is 0 Å². The molecule has 0 fully saturated rings. The summed E-state index contributed by atoms with van der Waals surface area (Å²) in [7, 11) is 6.18. The Morgan fingerprint density at radius 1 is 0.254 bits per heavy atom. The number of hydrogen-bond donors (Lipinski definition) is 0. The molecule has 0 spiro atoms. The van der Waals surface area contributed by atoms with Crippen LogP contribution in [0.15, 0.2) is 365 Å². The van der Waals surface area contributed by atoms with Gasteiger partial charge in [0.25, 0.3) is 0 Å². The van der Waals surface area contributed by atoms with E-state index < -0.39 is 0 Å². The molecule has 0 amide bonds. The molecule has 24 rings (SSSR count). The van der Waals surface area contributed by atoms with Crippen LogP contribution in [0.3, 0.4) is 0 Å². The van der Waals surface area contributed by atoms with Gasteiger partial charge in [0.1, 0.15) is 0 Å². The normalized spacial score (nSPS) is 11.3. The second kappa shape index (κ2) is 34.6. The molecule has 0 atom stereocenters. The molecule has 0 unspecified atom stereocenters. The van der Waals surface area contributed by atoms with Crippen molar-refractivity contribution in [2.75, 3.05) is 0 Å². The summed E-state index contributed by atoms with van der Waals surface area (Å²) in [6.07, 6.45) is 16.6. The maximum absolute atomic E-state index is 5.07. The molecule has 0 aliphatic carbocycles. The summed E-state index contributed by atoms with van der Waals surface area (Å²) in [6.45, 7) is 0. The topological polar surface area (TPSA) is 146 Å². The predicted octanol–water partition coefficient (Wildman–Crippen LogP) is 24.2. The number of para-hydroxylation sites is 9. The van der Waals surface area contributed by atoms with Crippen LogP contribution in [-0.4, -0.2) is 72.3 Å². The van der Waals surface area contributed by atoms with E-state index >= 15 is 0 Å². The fourth-order valence-corrected chi connectivity index (χ4v) is 17.3. The number of nitrogens with zero attached hydrogens (tertiary/aromatic N) is 15. The Bertz CT molecular complexity index is 8170. The minimum atomic E-state index is 0. The van der Waals surface area contributed by atoms with E-state index in [1.165, 1.54) is 0 Å². The molecule has 24 aromatic rings. The average Bonchev–Trinajstić information content (AvgIpc) is 1.58. The van der Waals surface area contributed by atoms with Gasteiger partial charge in [-0.15, -0.1) is 143 Å². The third kappa shape index (κ3) is 14.5. The summed E-state index contributed by atoms with van der Waals surface area (Å²) in [5.41, 5.74) is 29.6. The monoisotopic (exact) mass is 2160 g/mol. The van der Waals surface area contributed by atoms with E-state index in [1.54, 1.807) is 12.4 Å². The molecular formula is C108H69N15Pt3. The summed E-state index contributed by atoms with van der Waals surface area (Å²) in [6, 6.07) is 128. The summed E-state index contributed by atoms with van der Waals surface area (Å²) >= 11 is 0. The molecule has 0 bridgehead atoms. The quantitative estimate of drug-likeness (QED) is 0.109. The first-order valence-corrected chi connectivity index (χ1v) is 40.6. The molecule has 12 heterocycles. The van der Waals surface area contributed by atoms with Gasteiger partial charge in [0, 0.05) is 105 Å². The number of aryl methyl sites for hydroxylation is 3. The van der Waals surface area contributed by atoms with E-state index in [0.717, 1.165) is 217 Å². The number of hydrogen-bond acceptors (Lipinski definition) is 9. The molecule has 0 aliphatic heterocycles. The van der Waals surface area contributed by atoms with Crippen LogP contribution >= 0.6 is 0 Å². The van der Waals surface area contributed by atoms with Crippen LogP contribution in [-0.2, 0) is 84.3 Å². The van der Waals surface area contributed by atoms with Gasteiger partial charge in [0.05, 0.1) is 50.6 Å². The van der Waals surface area contributed by atoms with Gasteiger partial charge in [-0.2, -0.15) is 0 Å². The van der Waals surface area contributed by atoms with E-state index in [1.807, 2.05) is 159 Å². The minimum Gasteiger partial charge on any atom is -0.367 e. The largest absolute Gasteiger partial charge is 2.00 e. The first kappa shape index (κ1) is 81.1. The van der Waals surface area contributed by atoms with E-state index in [2.05, 4.69) is 309 Å². The zero-order valence-electron chi connectivity index (χ0n) is 67.8. The minimum absolute atomic E-state index is 0. The molecule has 12 aromatic carbocycles. The molecule has 15 nitrogen and oxygen atoms in total. The van der Waals surface area contributed by atoms with Gasteiger partial charge in [-0.25, -0.2) is 0 Å². The Kier molecular flexibility index (Phi) is 22.3. The Balaban J connectivity index is 0.000000122. The average molecular weight is 2160 g/mol. The third-order valence-corrected chi connectivity index (χ3v) is 23.0. The summed E-state index contributed by atoms with van der Waals surface area (Å²) in [4.78, 5) is 42.1. The van der Waals surface area contributed by atoms with Crippen molar-refractivity contribution in [3.8, 4) is 118 Å². The molecule has 0 saturated heterocycles. The number of imidazole rings is 3. The van der Waals surface area contributed by atoms with Crippen LogP contribution in [0.4, 0.5) is 0 Å². The number of aromatic nitrogens is 15. The van der Waals surface area contributed by atoms with E-state index in [4.69, 9.17) is 15.0 Å². The van der Waals surface area contributed by atoms with Crippen LogP contribution in [0.2, 0.25) is 0 Å².